The zero-order valence-corrected chi connectivity index (χ0v) is 15.9. The van der Waals surface area contributed by atoms with Crippen molar-refractivity contribution in [2.45, 2.75) is 10.9 Å². The Hall–Kier alpha value is -3.18. The van der Waals surface area contributed by atoms with Crippen molar-refractivity contribution in [3.8, 4) is 0 Å². The fourth-order valence-electron chi connectivity index (χ4n) is 2.82. The second-order valence-electron chi connectivity index (χ2n) is 6.12. The van der Waals surface area contributed by atoms with Crippen molar-refractivity contribution in [3.05, 3.63) is 64.7 Å². The van der Waals surface area contributed by atoms with Crippen LogP contribution in [0, 0.1) is 11.6 Å². The van der Waals surface area contributed by atoms with Gasteiger partial charge in [-0.05, 0) is 36.4 Å². The van der Waals surface area contributed by atoms with Crippen LogP contribution in [0.3, 0.4) is 0 Å². The van der Waals surface area contributed by atoms with Crippen molar-refractivity contribution >= 4 is 27.8 Å². The number of imide groups is 1. The van der Waals surface area contributed by atoms with Crippen LogP contribution in [0.1, 0.15) is 32.3 Å². The van der Waals surface area contributed by atoms with E-state index < -0.39 is 55.9 Å². The van der Waals surface area contributed by atoms with Crippen LogP contribution < -0.4 is 4.72 Å². The van der Waals surface area contributed by atoms with E-state index in [1.54, 1.807) is 0 Å². The number of ether oxygens (including phenoxy) is 1. The highest BCUT2D eigenvalue weighted by atomic mass is 32.2. The van der Waals surface area contributed by atoms with E-state index in [0.29, 0.717) is 6.07 Å². The molecule has 0 saturated carbocycles. The summed E-state index contributed by atoms with van der Waals surface area (Å²) in [7, 11) is -2.29. The molecule has 11 heteroatoms. The summed E-state index contributed by atoms with van der Waals surface area (Å²) in [6.07, 6.45) is 0. The lowest BCUT2D eigenvalue weighted by Gasteiger charge is -2.18. The monoisotopic (exact) mass is 424 g/mol. The van der Waals surface area contributed by atoms with E-state index >= 15 is 0 Å². The van der Waals surface area contributed by atoms with Gasteiger partial charge in [0.15, 0.2) is 0 Å². The number of sulfonamides is 1. The van der Waals surface area contributed by atoms with E-state index in [-0.39, 0.29) is 11.1 Å². The number of nitrogens with zero attached hydrogens (tertiary/aromatic N) is 1. The van der Waals surface area contributed by atoms with E-state index in [2.05, 4.69) is 4.74 Å². The van der Waals surface area contributed by atoms with Crippen molar-refractivity contribution in [1.29, 1.82) is 0 Å². The largest absolute Gasteiger partial charge is 0.468 e. The molecule has 0 spiro atoms. The van der Waals surface area contributed by atoms with Crippen molar-refractivity contribution in [2.24, 2.45) is 0 Å². The first-order valence-electron chi connectivity index (χ1n) is 8.08. The van der Waals surface area contributed by atoms with Crippen LogP contribution in [0.15, 0.2) is 41.3 Å². The van der Waals surface area contributed by atoms with Gasteiger partial charge in [0.2, 0.25) is 10.0 Å². The molecule has 1 atom stereocenters. The molecule has 152 valence electrons. The van der Waals surface area contributed by atoms with Gasteiger partial charge in [0.05, 0.1) is 23.1 Å². The Morgan fingerprint density at radius 2 is 1.72 bits per heavy atom. The predicted molar refractivity (Wildman–Crippen MR) is 94.3 cm³/mol. The van der Waals surface area contributed by atoms with Crippen LogP contribution >= 0.6 is 0 Å². The summed E-state index contributed by atoms with van der Waals surface area (Å²) in [4.78, 5) is 36.5. The molecule has 2 amide bonds. The lowest BCUT2D eigenvalue weighted by Crippen LogP contribution is -2.35. The topological polar surface area (TPSA) is 110 Å². The summed E-state index contributed by atoms with van der Waals surface area (Å²) in [6.45, 7) is 0. The summed E-state index contributed by atoms with van der Waals surface area (Å²) in [5, 5.41) is 0. The Kier molecular flexibility index (Phi) is 5.20. The predicted octanol–water partition coefficient (Wildman–Crippen LogP) is 1.38. The smallest absolute Gasteiger partial charge is 0.328 e. The number of hydrogen-bond acceptors (Lipinski definition) is 6. The molecule has 1 aliphatic rings. The quantitative estimate of drug-likeness (QED) is 0.574. The highest BCUT2D eigenvalue weighted by molar-refractivity contribution is 7.89. The van der Waals surface area contributed by atoms with Crippen LogP contribution in [0.25, 0.3) is 0 Å². The fraction of sp³-hybridized carbons (Fsp3) is 0.167. The minimum atomic E-state index is -4.49. The first-order valence-corrected chi connectivity index (χ1v) is 9.56. The first kappa shape index (κ1) is 20.6. The number of halogens is 2. The van der Waals surface area contributed by atoms with Crippen LogP contribution in [-0.4, -0.2) is 45.3 Å². The summed E-state index contributed by atoms with van der Waals surface area (Å²) < 4.78 is 59.6. The molecule has 0 aliphatic carbocycles. The average Bonchev–Trinajstić information content (AvgIpc) is 2.91. The van der Waals surface area contributed by atoms with Crippen LogP contribution in [0.5, 0.6) is 0 Å². The molecule has 3 rings (SSSR count). The van der Waals surface area contributed by atoms with E-state index in [4.69, 9.17) is 0 Å². The van der Waals surface area contributed by atoms with E-state index in [1.807, 2.05) is 4.72 Å². The number of carbonyl (C=O) groups excluding carboxylic acids is 3. The second-order valence-corrected chi connectivity index (χ2v) is 7.83. The first-order chi connectivity index (χ1) is 13.6. The summed E-state index contributed by atoms with van der Waals surface area (Å²) >= 11 is 0. The Balaban J connectivity index is 2.03. The van der Waals surface area contributed by atoms with Gasteiger partial charge >= 0.3 is 5.97 Å². The average molecular weight is 424 g/mol. The normalized spacial score (nSPS) is 14.7. The molecule has 0 radical (unpaired) electrons. The molecule has 8 nitrogen and oxygen atoms in total. The molecule has 0 bridgehead atoms. The third-order valence-electron chi connectivity index (χ3n) is 4.35. The standard InChI is InChI=1S/C18H14F2N2O6S/c1-22-16(23)11-5-4-10(8-12(11)17(22)24)29(26,27)21-15(18(25)28-2)13-7-9(19)3-6-14(13)20/h3-8,15,21H,1-2H3. The number of nitrogens with one attached hydrogen (secondary N) is 1. The molecule has 1 heterocycles. The molecular formula is C18H14F2N2O6S. The second kappa shape index (κ2) is 7.33. The van der Waals surface area contributed by atoms with E-state index in [1.165, 1.54) is 7.05 Å². The van der Waals surface area contributed by atoms with Crippen LogP contribution in [0.4, 0.5) is 8.78 Å². The van der Waals surface area contributed by atoms with Gasteiger partial charge in [0.25, 0.3) is 11.8 Å². The number of benzene rings is 2. The molecule has 0 fully saturated rings. The Morgan fingerprint density at radius 1 is 1.07 bits per heavy atom. The van der Waals surface area contributed by atoms with Crippen molar-refractivity contribution in [2.75, 3.05) is 14.2 Å². The Bertz CT molecular complexity index is 1150. The number of methoxy groups -OCH3 is 1. The molecule has 1 unspecified atom stereocenters. The molecule has 1 aliphatic heterocycles. The third kappa shape index (κ3) is 3.61. The summed E-state index contributed by atoms with van der Waals surface area (Å²) in [5.41, 5.74) is -0.684. The maximum atomic E-state index is 14.1. The molecule has 2 aromatic rings. The highest BCUT2D eigenvalue weighted by Crippen LogP contribution is 2.27. The maximum absolute atomic E-state index is 14.1. The Morgan fingerprint density at radius 3 is 2.38 bits per heavy atom. The van der Waals surface area contributed by atoms with Gasteiger partial charge in [-0.3, -0.25) is 14.5 Å². The molecule has 0 aromatic heterocycles. The number of fused-ring (bicyclic) bond motifs is 1. The minimum Gasteiger partial charge on any atom is -0.468 e. The molecule has 0 saturated heterocycles. The van der Waals surface area contributed by atoms with Crippen molar-refractivity contribution < 1.29 is 36.3 Å². The van der Waals surface area contributed by atoms with Crippen LogP contribution in [0.2, 0.25) is 0 Å². The van der Waals surface area contributed by atoms with Gasteiger partial charge in [0.1, 0.15) is 17.7 Å². The number of rotatable bonds is 5. The van der Waals surface area contributed by atoms with Gasteiger partial charge in [0, 0.05) is 12.6 Å². The SMILES string of the molecule is COC(=O)C(NS(=O)(=O)c1ccc2c(c1)C(=O)N(C)C2=O)c1cc(F)ccc1F. The van der Waals surface area contributed by atoms with Crippen molar-refractivity contribution in [3.63, 3.8) is 0 Å². The van der Waals surface area contributed by atoms with Crippen LogP contribution in [-0.2, 0) is 19.6 Å². The number of carbonyl (C=O) groups is 3. The van der Waals surface area contributed by atoms with Crippen molar-refractivity contribution in [1.82, 2.24) is 9.62 Å². The number of amides is 2. The van der Waals surface area contributed by atoms with Gasteiger partial charge in [-0.1, -0.05) is 0 Å². The van der Waals surface area contributed by atoms with E-state index in [9.17, 15) is 31.6 Å². The number of esters is 1. The Labute approximate surface area is 164 Å². The lowest BCUT2D eigenvalue weighted by molar-refractivity contribution is -0.142. The summed E-state index contributed by atoms with van der Waals surface area (Å²) in [6, 6.07) is 3.52. The molecular weight excluding hydrogens is 410 g/mol. The van der Waals surface area contributed by atoms with Gasteiger partial charge in [-0.2, -0.15) is 4.72 Å². The fourth-order valence-corrected chi connectivity index (χ4v) is 4.01. The highest BCUT2D eigenvalue weighted by Gasteiger charge is 2.35. The van der Waals surface area contributed by atoms with Gasteiger partial charge in [-0.25, -0.2) is 22.0 Å². The van der Waals surface area contributed by atoms with Gasteiger partial charge < -0.3 is 4.74 Å². The third-order valence-corrected chi connectivity index (χ3v) is 5.77. The molecule has 1 N–H and O–H groups in total. The zero-order valence-electron chi connectivity index (χ0n) is 15.1. The number of hydrogen-bond donors (Lipinski definition) is 1. The van der Waals surface area contributed by atoms with Gasteiger partial charge in [-0.15, -0.1) is 0 Å². The summed E-state index contributed by atoms with van der Waals surface area (Å²) in [5.74, 6) is -4.37. The minimum absolute atomic E-state index is 0.0251. The maximum Gasteiger partial charge on any atom is 0.328 e. The lowest BCUT2D eigenvalue weighted by atomic mass is 10.1. The molecule has 29 heavy (non-hydrogen) atoms. The molecule has 2 aromatic carbocycles. The zero-order chi connectivity index (χ0) is 21.5. The van der Waals surface area contributed by atoms with E-state index in [0.717, 1.165) is 42.3 Å².